The van der Waals surface area contributed by atoms with Crippen molar-refractivity contribution in [2.45, 2.75) is 24.2 Å². The number of sulfone groups is 1. The van der Waals surface area contributed by atoms with Gasteiger partial charge in [0.05, 0.1) is 30.8 Å². The third-order valence-electron chi connectivity index (χ3n) is 6.35. The lowest BCUT2D eigenvalue weighted by molar-refractivity contribution is 0.184. The van der Waals surface area contributed by atoms with Crippen LogP contribution in [-0.2, 0) is 14.6 Å². The lowest BCUT2D eigenvalue weighted by atomic mass is 9.93. The molecule has 0 fully saturated rings. The van der Waals surface area contributed by atoms with Crippen LogP contribution in [0.4, 0.5) is 0 Å². The Morgan fingerprint density at radius 2 is 1.89 bits per heavy atom. The molecule has 2 heterocycles. The second-order valence-corrected chi connectivity index (χ2v) is 10.8. The topological polar surface area (TPSA) is 117 Å². The van der Waals surface area contributed by atoms with Gasteiger partial charge in [-0.25, -0.2) is 8.42 Å². The quantitative estimate of drug-likeness (QED) is 0.390. The minimum absolute atomic E-state index is 0.0879. The Morgan fingerprint density at radius 3 is 2.57 bits per heavy atom. The van der Waals surface area contributed by atoms with E-state index in [4.69, 9.17) is 4.74 Å². The van der Waals surface area contributed by atoms with E-state index < -0.39 is 27.8 Å². The first-order chi connectivity index (χ1) is 16.9. The minimum atomic E-state index is -3.59. The highest BCUT2D eigenvalue weighted by molar-refractivity contribution is 7.92. The van der Waals surface area contributed by atoms with Gasteiger partial charge in [0.25, 0.3) is 0 Å². The third kappa shape index (κ3) is 5.31. The van der Waals surface area contributed by atoms with Crippen LogP contribution in [0, 0.1) is 0 Å². The fourth-order valence-electron chi connectivity index (χ4n) is 4.70. The summed E-state index contributed by atoms with van der Waals surface area (Å²) >= 11 is 0. The van der Waals surface area contributed by atoms with E-state index in [0.717, 1.165) is 27.6 Å². The number of methoxy groups -OCH3 is 1. The number of hydrogen-bond donors (Lipinski definition) is 3. The number of allylic oxidation sites excluding steroid dienone is 1. The van der Waals surface area contributed by atoms with Crippen molar-refractivity contribution in [3.63, 3.8) is 0 Å². The maximum atomic E-state index is 12.5. The number of ether oxygens (including phenoxy) is 1. The van der Waals surface area contributed by atoms with E-state index in [-0.39, 0.29) is 24.5 Å². The summed E-state index contributed by atoms with van der Waals surface area (Å²) in [7, 11) is -2.11. The molecule has 8 heteroatoms. The molecule has 0 bridgehead atoms. The van der Waals surface area contributed by atoms with E-state index >= 15 is 0 Å². The number of rotatable bonds is 9. The molecule has 3 aromatic rings. The molecule has 0 spiro atoms. The summed E-state index contributed by atoms with van der Waals surface area (Å²) in [6, 6.07) is 16.6. The average Bonchev–Trinajstić information content (AvgIpc) is 3.12. The fraction of sp³-hybridized carbons (Fsp3) is 0.296. The predicted octanol–water partition coefficient (Wildman–Crippen LogP) is 3.35. The summed E-state index contributed by atoms with van der Waals surface area (Å²) < 4.78 is 30.2. The van der Waals surface area contributed by atoms with Gasteiger partial charge in [0, 0.05) is 18.7 Å². The molecule has 4 rings (SSSR count). The van der Waals surface area contributed by atoms with Crippen molar-refractivity contribution in [1.29, 1.82) is 0 Å². The highest BCUT2D eigenvalue weighted by Crippen LogP contribution is 2.34. The summed E-state index contributed by atoms with van der Waals surface area (Å²) in [5.74, 6) is -0.0244. The number of benzene rings is 2. The Balaban J connectivity index is 1.69. The zero-order chi connectivity index (χ0) is 25.0. The summed E-state index contributed by atoms with van der Waals surface area (Å²) in [5.41, 5.74) is 3.33. The predicted molar refractivity (Wildman–Crippen MR) is 137 cm³/mol. The lowest BCUT2D eigenvalue weighted by Crippen LogP contribution is -2.29. The first kappa shape index (κ1) is 25.1. The molecular formula is C27H29NO6S. The number of nitrogens with zero attached hydrogens (tertiary/aromatic N) is 1. The molecule has 0 saturated carbocycles. The van der Waals surface area contributed by atoms with Gasteiger partial charge in [-0.05, 0) is 64.8 Å². The molecule has 35 heavy (non-hydrogen) atoms. The summed E-state index contributed by atoms with van der Waals surface area (Å²) in [5, 5.41) is 31.6. The van der Waals surface area contributed by atoms with Gasteiger partial charge in [-0.3, -0.25) is 4.98 Å². The molecule has 1 aromatic heterocycles. The number of pyridine rings is 1. The molecule has 0 unspecified atom stereocenters. The third-order valence-corrected chi connectivity index (χ3v) is 8.37. The minimum Gasteiger partial charge on any atom is -0.507 e. The van der Waals surface area contributed by atoms with Gasteiger partial charge in [-0.15, -0.1) is 0 Å². The van der Waals surface area contributed by atoms with Crippen LogP contribution in [0.25, 0.3) is 22.4 Å². The van der Waals surface area contributed by atoms with Gasteiger partial charge in [0.2, 0.25) is 0 Å². The molecule has 7 nitrogen and oxygen atoms in total. The Kier molecular flexibility index (Phi) is 7.66. The van der Waals surface area contributed by atoms with Crippen LogP contribution in [0.2, 0.25) is 0 Å². The zero-order valence-corrected chi connectivity index (χ0v) is 20.3. The summed E-state index contributed by atoms with van der Waals surface area (Å²) in [6.07, 6.45) is 3.27. The largest absolute Gasteiger partial charge is 0.507 e. The van der Waals surface area contributed by atoms with Gasteiger partial charge in [-0.1, -0.05) is 36.4 Å². The smallest absolute Gasteiger partial charge is 0.163 e. The molecule has 0 amide bonds. The van der Waals surface area contributed by atoms with Crippen LogP contribution < -0.4 is 0 Å². The van der Waals surface area contributed by atoms with Crippen LogP contribution in [0.3, 0.4) is 0 Å². The SMILES string of the molecule is COCC1=C([C@H](O)CC/C(=C/c2ccc(O)c3ccccc23)c2ccccn2)[C@H](CO)S(=O)(=O)C1. The number of aromatic hydroxyl groups is 1. The van der Waals surface area contributed by atoms with E-state index in [0.29, 0.717) is 17.6 Å². The first-order valence-corrected chi connectivity index (χ1v) is 13.1. The number of fused-ring (bicyclic) bond motifs is 1. The van der Waals surface area contributed by atoms with Crippen LogP contribution in [0.1, 0.15) is 24.1 Å². The van der Waals surface area contributed by atoms with Crippen molar-refractivity contribution in [2.75, 3.05) is 26.1 Å². The Labute approximate surface area is 205 Å². The molecule has 1 aliphatic rings. The maximum Gasteiger partial charge on any atom is 0.163 e. The van der Waals surface area contributed by atoms with Crippen LogP contribution in [0.5, 0.6) is 5.75 Å². The second kappa shape index (κ2) is 10.7. The van der Waals surface area contributed by atoms with Crippen molar-refractivity contribution in [2.24, 2.45) is 0 Å². The number of hydrogen-bond acceptors (Lipinski definition) is 7. The number of phenolic OH excluding ortho intramolecular Hbond substituents is 1. The van der Waals surface area contributed by atoms with E-state index in [1.165, 1.54) is 7.11 Å². The van der Waals surface area contributed by atoms with Crippen molar-refractivity contribution in [3.05, 3.63) is 83.2 Å². The molecular weight excluding hydrogens is 466 g/mol. The molecule has 0 saturated heterocycles. The summed E-state index contributed by atoms with van der Waals surface area (Å²) in [6.45, 7) is -0.491. The number of aromatic nitrogens is 1. The van der Waals surface area contributed by atoms with Crippen molar-refractivity contribution in [3.8, 4) is 5.75 Å². The Bertz CT molecular complexity index is 1360. The molecule has 0 radical (unpaired) electrons. The van der Waals surface area contributed by atoms with Crippen molar-refractivity contribution in [1.82, 2.24) is 4.98 Å². The van der Waals surface area contributed by atoms with Gasteiger partial charge in [0.1, 0.15) is 11.0 Å². The molecule has 0 aliphatic carbocycles. The van der Waals surface area contributed by atoms with Gasteiger partial charge in [0.15, 0.2) is 9.84 Å². The van der Waals surface area contributed by atoms with E-state index in [1.807, 2.05) is 54.6 Å². The molecule has 1 aliphatic heterocycles. The van der Waals surface area contributed by atoms with Gasteiger partial charge < -0.3 is 20.1 Å². The highest BCUT2D eigenvalue weighted by atomic mass is 32.2. The van der Waals surface area contributed by atoms with E-state index in [1.54, 1.807) is 12.3 Å². The van der Waals surface area contributed by atoms with Gasteiger partial charge in [-0.2, -0.15) is 0 Å². The van der Waals surface area contributed by atoms with Crippen LogP contribution in [0.15, 0.2) is 71.9 Å². The maximum absolute atomic E-state index is 12.5. The van der Waals surface area contributed by atoms with Crippen LogP contribution >= 0.6 is 0 Å². The Morgan fingerprint density at radius 1 is 1.14 bits per heavy atom. The lowest BCUT2D eigenvalue weighted by Gasteiger charge is -2.20. The van der Waals surface area contributed by atoms with E-state index in [9.17, 15) is 23.7 Å². The normalized spacial score (nSPS) is 18.8. The molecule has 184 valence electrons. The summed E-state index contributed by atoms with van der Waals surface area (Å²) in [4.78, 5) is 4.48. The van der Waals surface area contributed by atoms with Gasteiger partial charge >= 0.3 is 0 Å². The second-order valence-electron chi connectivity index (χ2n) is 8.63. The Hall–Kier alpha value is -3.04. The molecule has 2 atom stereocenters. The number of aliphatic hydroxyl groups excluding tert-OH is 2. The van der Waals surface area contributed by atoms with E-state index in [2.05, 4.69) is 4.98 Å². The first-order valence-electron chi connectivity index (χ1n) is 11.4. The zero-order valence-electron chi connectivity index (χ0n) is 19.5. The molecule has 3 N–H and O–H groups in total. The molecule has 2 aromatic carbocycles. The van der Waals surface area contributed by atoms with Crippen LogP contribution in [-0.4, -0.2) is 66.2 Å². The monoisotopic (exact) mass is 495 g/mol. The fourth-order valence-corrected chi connectivity index (χ4v) is 6.58. The van der Waals surface area contributed by atoms with Crippen molar-refractivity contribution >= 4 is 32.3 Å². The average molecular weight is 496 g/mol. The highest BCUT2D eigenvalue weighted by Gasteiger charge is 2.41. The standard InChI is InChI=1S/C27H29NO6S/c1-34-16-20-17-35(32,33)26(15-29)27(20)25(31)12-10-19(23-8-4-5-13-28-23)14-18-9-11-24(30)22-7-3-2-6-21(18)22/h2-9,11,13-14,25-26,29-31H,10,12,15-17H2,1H3/b19-14-/t25-,26+/m1/s1. The number of aliphatic hydroxyl groups is 2. The van der Waals surface area contributed by atoms with Crippen molar-refractivity contribution < 1.29 is 28.5 Å². The number of phenols is 1.